The van der Waals surface area contributed by atoms with E-state index in [1.807, 2.05) is 0 Å². The van der Waals surface area contributed by atoms with E-state index in [0.717, 1.165) is 0 Å². The minimum Gasteiger partial charge on any atom is -0.481 e. The van der Waals surface area contributed by atoms with Crippen LogP contribution in [0.25, 0.3) is 0 Å². The second kappa shape index (κ2) is 4.57. The Labute approximate surface area is 87.4 Å². The first-order valence-corrected chi connectivity index (χ1v) is 4.90. The number of aliphatic carboxylic acids is 1. The highest BCUT2D eigenvalue weighted by Gasteiger charge is 2.45. The minimum atomic E-state index is -0.973. The molecule has 0 aromatic heterocycles. The molecule has 0 aromatic rings. The third-order valence-electron chi connectivity index (χ3n) is 3.22. The van der Waals surface area contributed by atoms with Gasteiger partial charge in [-0.15, -0.1) is 0 Å². The molecule has 6 heteroatoms. The number of nitro groups is 1. The van der Waals surface area contributed by atoms with Gasteiger partial charge in [0.2, 0.25) is 6.54 Å². The van der Waals surface area contributed by atoms with Gasteiger partial charge in [-0.25, -0.2) is 0 Å². The average molecular weight is 217 g/mol. The van der Waals surface area contributed by atoms with Crippen LogP contribution in [0.3, 0.4) is 0 Å². The summed E-state index contributed by atoms with van der Waals surface area (Å²) in [7, 11) is 0. The highest BCUT2D eigenvalue weighted by molar-refractivity contribution is 5.70. The molecule has 0 amide bonds. The molecule has 1 aliphatic rings. The van der Waals surface area contributed by atoms with Gasteiger partial charge in [0.15, 0.2) is 0 Å². The number of carboxylic acids is 1. The fraction of sp³-hybridized carbons (Fsp3) is 0.889. The van der Waals surface area contributed by atoms with Gasteiger partial charge >= 0.3 is 5.97 Å². The molecule has 1 fully saturated rings. The molecule has 1 unspecified atom stereocenters. The summed E-state index contributed by atoms with van der Waals surface area (Å²) in [6.07, 6.45) is 0.892. The van der Waals surface area contributed by atoms with Gasteiger partial charge in [-0.2, -0.15) is 0 Å². The van der Waals surface area contributed by atoms with Crippen molar-refractivity contribution in [1.82, 2.24) is 0 Å². The molecule has 1 rings (SSSR count). The molecule has 0 saturated carbocycles. The number of rotatable bonds is 4. The first-order valence-electron chi connectivity index (χ1n) is 4.90. The van der Waals surface area contributed by atoms with Gasteiger partial charge in [0, 0.05) is 18.1 Å². The van der Waals surface area contributed by atoms with Crippen molar-refractivity contribution < 1.29 is 19.6 Å². The summed E-state index contributed by atoms with van der Waals surface area (Å²) in [5.41, 5.74) is -0.742. The zero-order valence-electron chi connectivity index (χ0n) is 8.64. The van der Waals surface area contributed by atoms with Crippen molar-refractivity contribution in [2.45, 2.75) is 19.8 Å². The normalized spacial score (nSPS) is 21.9. The van der Waals surface area contributed by atoms with Crippen LogP contribution in [-0.4, -0.2) is 35.8 Å². The smallest absolute Gasteiger partial charge is 0.307 e. The lowest BCUT2D eigenvalue weighted by atomic mass is 9.70. The van der Waals surface area contributed by atoms with E-state index in [4.69, 9.17) is 9.84 Å². The lowest BCUT2D eigenvalue weighted by Gasteiger charge is -2.36. The molecule has 86 valence electrons. The summed E-state index contributed by atoms with van der Waals surface area (Å²) in [4.78, 5) is 21.1. The number of carboxylic acid groups (broad SMARTS) is 1. The van der Waals surface area contributed by atoms with Crippen molar-refractivity contribution in [3.05, 3.63) is 10.1 Å². The Balaban J connectivity index is 2.83. The quantitative estimate of drug-likeness (QED) is 0.555. The molecule has 6 nitrogen and oxygen atoms in total. The lowest BCUT2D eigenvalue weighted by molar-refractivity contribution is -0.501. The average Bonchev–Trinajstić information content (AvgIpc) is 2.16. The first-order chi connectivity index (χ1) is 6.98. The monoisotopic (exact) mass is 217 g/mol. The van der Waals surface area contributed by atoms with Crippen LogP contribution in [0.15, 0.2) is 0 Å². The summed E-state index contributed by atoms with van der Waals surface area (Å²) in [6, 6.07) is 0. The van der Waals surface area contributed by atoms with Gasteiger partial charge in [0.25, 0.3) is 0 Å². The molecule has 1 atom stereocenters. The molecule has 0 spiro atoms. The molecule has 0 radical (unpaired) electrons. The first kappa shape index (κ1) is 11.9. The third kappa shape index (κ3) is 2.65. The third-order valence-corrected chi connectivity index (χ3v) is 3.22. The summed E-state index contributed by atoms with van der Waals surface area (Å²) >= 11 is 0. The molecule has 1 N–H and O–H groups in total. The van der Waals surface area contributed by atoms with E-state index in [0.29, 0.717) is 26.1 Å². The highest BCUT2D eigenvalue weighted by atomic mass is 16.6. The van der Waals surface area contributed by atoms with Gasteiger partial charge in [0.05, 0.1) is 11.3 Å². The number of ether oxygens (including phenoxy) is 1. The van der Waals surface area contributed by atoms with Crippen molar-refractivity contribution in [3.63, 3.8) is 0 Å². The standard InChI is InChI=1S/C9H15NO5/c1-7(8(11)12)9(6-10(13)14)2-4-15-5-3-9/h7H,2-6H2,1H3,(H,11,12). The molecule has 0 bridgehead atoms. The molecular weight excluding hydrogens is 202 g/mol. The van der Waals surface area contributed by atoms with Gasteiger partial charge in [-0.3, -0.25) is 14.9 Å². The Morgan fingerprint density at radius 1 is 1.60 bits per heavy atom. The molecular formula is C9H15NO5. The summed E-state index contributed by atoms with van der Waals surface area (Å²) < 4.78 is 5.12. The van der Waals surface area contributed by atoms with Crippen molar-refractivity contribution in [1.29, 1.82) is 0 Å². The SMILES string of the molecule is CC(C(=O)O)C1(C[N+](=O)[O-])CCOCC1. The van der Waals surface area contributed by atoms with Crippen LogP contribution >= 0.6 is 0 Å². The lowest BCUT2D eigenvalue weighted by Crippen LogP contribution is -2.44. The number of carbonyl (C=O) groups is 1. The van der Waals surface area contributed by atoms with E-state index in [9.17, 15) is 14.9 Å². The Morgan fingerprint density at radius 3 is 2.53 bits per heavy atom. The molecule has 1 saturated heterocycles. The van der Waals surface area contributed by atoms with Crippen molar-refractivity contribution >= 4 is 5.97 Å². The van der Waals surface area contributed by atoms with Crippen LogP contribution in [0.2, 0.25) is 0 Å². The second-order valence-corrected chi connectivity index (χ2v) is 4.03. The van der Waals surface area contributed by atoms with Crippen LogP contribution in [0, 0.1) is 21.4 Å². The largest absolute Gasteiger partial charge is 0.481 e. The summed E-state index contributed by atoms with van der Waals surface area (Å²) in [6.45, 7) is 2.07. The maximum atomic E-state index is 10.9. The Hall–Kier alpha value is -1.17. The van der Waals surface area contributed by atoms with Crippen LogP contribution in [0.5, 0.6) is 0 Å². The van der Waals surface area contributed by atoms with E-state index >= 15 is 0 Å². The van der Waals surface area contributed by atoms with E-state index < -0.39 is 22.2 Å². The van der Waals surface area contributed by atoms with Crippen molar-refractivity contribution in [3.8, 4) is 0 Å². The van der Waals surface area contributed by atoms with E-state index in [1.165, 1.54) is 6.92 Å². The van der Waals surface area contributed by atoms with Crippen LogP contribution in [-0.2, 0) is 9.53 Å². The van der Waals surface area contributed by atoms with Crippen LogP contribution < -0.4 is 0 Å². The highest BCUT2D eigenvalue weighted by Crippen LogP contribution is 2.38. The molecule has 0 aromatic carbocycles. The van der Waals surface area contributed by atoms with Crippen molar-refractivity contribution in [2.75, 3.05) is 19.8 Å². The molecule has 15 heavy (non-hydrogen) atoms. The Kier molecular flexibility index (Phi) is 3.62. The van der Waals surface area contributed by atoms with Gasteiger partial charge < -0.3 is 9.84 Å². The van der Waals surface area contributed by atoms with E-state index in [2.05, 4.69) is 0 Å². The fourth-order valence-corrected chi connectivity index (χ4v) is 2.03. The fourth-order valence-electron chi connectivity index (χ4n) is 2.03. The zero-order valence-corrected chi connectivity index (χ0v) is 8.64. The molecule has 0 aliphatic carbocycles. The van der Waals surface area contributed by atoms with E-state index in [-0.39, 0.29) is 6.54 Å². The van der Waals surface area contributed by atoms with Gasteiger partial charge in [-0.1, -0.05) is 6.92 Å². The predicted octanol–water partition coefficient (Wildman–Crippen LogP) is 0.781. The second-order valence-electron chi connectivity index (χ2n) is 4.03. The minimum absolute atomic E-state index is 0.288. The van der Waals surface area contributed by atoms with Crippen molar-refractivity contribution in [2.24, 2.45) is 11.3 Å². The maximum absolute atomic E-state index is 10.9. The number of hydrogen-bond acceptors (Lipinski definition) is 4. The summed E-state index contributed by atoms with van der Waals surface area (Å²) in [5, 5.41) is 19.5. The summed E-state index contributed by atoms with van der Waals surface area (Å²) in [5.74, 6) is -1.68. The Morgan fingerprint density at radius 2 is 2.13 bits per heavy atom. The van der Waals surface area contributed by atoms with Gasteiger partial charge in [0.1, 0.15) is 0 Å². The number of nitrogens with zero attached hydrogens (tertiary/aromatic N) is 1. The zero-order chi connectivity index (χ0) is 11.5. The van der Waals surface area contributed by atoms with Crippen LogP contribution in [0.4, 0.5) is 0 Å². The van der Waals surface area contributed by atoms with Gasteiger partial charge in [-0.05, 0) is 12.8 Å². The van der Waals surface area contributed by atoms with E-state index in [1.54, 1.807) is 0 Å². The number of hydrogen-bond donors (Lipinski definition) is 1. The topological polar surface area (TPSA) is 89.7 Å². The molecule has 1 heterocycles. The Bertz CT molecular complexity index is 259. The predicted molar refractivity (Wildman–Crippen MR) is 51.1 cm³/mol. The molecule has 1 aliphatic heterocycles. The maximum Gasteiger partial charge on any atom is 0.307 e. The van der Waals surface area contributed by atoms with Crippen LogP contribution in [0.1, 0.15) is 19.8 Å².